The highest BCUT2D eigenvalue weighted by atomic mass is 16.1. The van der Waals surface area contributed by atoms with Gasteiger partial charge in [-0.1, -0.05) is 30.3 Å². The quantitative estimate of drug-likeness (QED) is 0.878. The Morgan fingerprint density at radius 1 is 1.04 bits per heavy atom. The number of nitrogens with one attached hydrogen (secondary N) is 1. The lowest BCUT2D eigenvalue weighted by Crippen LogP contribution is -2.26. The lowest BCUT2D eigenvalue weighted by atomic mass is 10.0. The molecule has 0 saturated carbocycles. The Kier molecular flexibility index (Phi) is 5.54. The van der Waals surface area contributed by atoms with Crippen molar-refractivity contribution in [2.24, 2.45) is 0 Å². The molecule has 0 bridgehead atoms. The fourth-order valence-corrected chi connectivity index (χ4v) is 3.36. The number of likely N-dealkylation sites (tertiary alicyclic amines) is 1. The normalized spacial score (nSPS) is 16.0. The molecule has 0 aromatic heterocycles. The van der Waals surface area contributed by atoms with Crippen molar-refractivity contribution in [2.75, 3.05) is 13.1 Å². The molecule has 1 amide bonds. The highest BCUT2D eigenvalue weighted by Gasteiger charge is 2.14. The van der Waals surface area contributed by atoms with Gasteiger partial charge in [0.25, 0.3) is 5.91 Å². The van der Waals surface area contributed by atoms with E-state index in [4.69, 9.17) is 0 Å². The van der Waals surface area contributed by atoms with E-state index in [1.165, 1.54) is 42.6 Å². The molecule has 1 N–H and O–H groups in total. The summed E-state index contributed by atoms with van der Waals surface area (Å²) in [6.45, 7) is 9.61. The van der Waals surface area contributed by atoms with Gasteiger partial charge in [0.1, 0.15) is 0 Å². The summed E-state index contributed by atoms with van der Waals surface area (Å²) in [7, 11) is 0. The minimum absolute atomic E-state index is 0.00363. The number of hydrogen-bond acceptors (Lipinski definition) is 2. The molecule has 0 aliphatic carbocycles. The first-order chi connectivity index (χ1) is 12.0. The number of aryl methyl sites for hydroxylation is 2. The number of carbonyl (C=O) groups is 1. The minimum atomic E-state index is -0.0153. The molecule has 25 heavy (non-hydrogen) atoms. The van der Waals surface area contributed by atoms with Crippen molar-refractivity contribution >= 4 is 5.91 Å². The van der Waals surface area contributed by atoms with E-state index in [0.717, 1.165) is 17.7 Å². The summed E-state index contributed by atoms with van der Waals surface area (Å²) in [5.41, 5.74) is 5.67. The molecule has 132 valence electrons. The van der Waals surface area contributed by atoms with Gasteiger partial charge < -0.3 is 5.32 Å². The highest BCUT2D eigenvalue weighted by Crippen LogP contribution is 2.18. The second-order valence-electron chi connectivity index (χ2n) is 7.22. The van der Waals surface area contributed by atoms with Crippen LogP contribution >= 0.6 is 0 Å². The Labute approximate surface area is 151 Å². The van der Waals surface area contributed by atoms with Crippen molar-refractivity contribution in [3.63, 3.8) is 0 Å². The zero-order valence-corrected chi connectivity index (χ0v) is 15.5. The Morgan fingerprint density at radius 2 is 1.72 bits per heavy atom. The van der Waals surface area contributed by atoms with Crippen LogP contribution in [0, 0.1) is 13.8 Å². The summed E-state index contributed by atoms with van der Waals surface area (Å²) in [5, 5.41) is 3.10. The molecule has 3 rings (SSSR count). The number of carbonyl (C=O) groups excluding carboxylic acids is 1. The van der Waals surface area contributed by atoms with E-state index in [0.29, 0.717) is 0 Å². The summed E-state index contributed by atoms with van der Waals surface area (Å²) >= 11 is 0. The lowest BCUT2D eigenvalue weighted by molar-refractivity contribution is 0.0940. The van der Waals surface area contributed by atoms with Gasteiger partial charge in [0.05, 0.1) is 6.04 Å². The van der Waals surface area contributed by atoms with E-state index in [2.05, 4.69) is 54.4 Å². The van der Waals surface area contributed by atoms with E-state index < -0.39 is 0 Å². The Morgan fingerprint density at radius 3 is 2.36 bits per heavy atom. The van der Waals surface area contributed by atoms with Gasteiger partial charge in [-0.15, -0.1) is 0 Å². The first kappa shape index (κ1) is 17.7. The zero-order chi connectivity index (χ0) is 17.8. The molecular formula is C22H28N2O. The van der Waals surface area contributed by atoms with Crippen molar-refractivity contribution in [3.05, 3.63) is 70.3 Å². The van der Waals surface area contributed by atoms with Crippen LogP contribution in [0.4, 0.5) is 0 Å². The third-order valence-electron chi connectivity index (χ3n) is 5.20. The predicted molar refractivity (Wildman–Crippen MR) is 103 cm³/mol. The van der Waals surface area contributed by atoms with Gasteiger partial charge >= 0.3 is 0 Å². The fraction of sp³-hybridized carbons (Fsp3) is 0.409. The third-order valence-corrected chi connectivity index (χ3v) is 5.20. The Balaban J connectivity index is 1.61. The maximum absolute atomic E-state index is 12.5. The number of hydrogen-bond donors (Lipinski definition) is 1. The molecule has 1 fully saturated rings. The van der Waals surface area contributed by atoms with Gasteiger partial charge in [0.2, 0.25) is 0 Å². The molecule has 0 spiro atoms. The second-order valence-corrected chi connectivity index (χ2v) is 7.22. The smallest absolute Gasteiger partial charge is 0.251 e. The number of benzene rings is 2. The molecular weight excluding hydrogens is 308 g/mol. The van der Waals surface area contributed by atoms with E-state index in [9.17, 15) is 4.79 Å². The van der Waals surface area contributed by atoms with Crippen LogP contribution in [0.25, 0.3) is 0 Å². The van der Waals surface area contributed by atoms with Gasteiger partial charge in [-0.3, -0.25) is 9.69 Å². The predicted octanol–water partition coefficient (Wildman–Crippen LogP) is 4.39. The van der Waals surface area contributed by atoms with Crippen LogP contribution in [-0.4, -0.2) is 23.9 Å². The largest absolute Gasteiger partial charge is 0.346 e. The van der Waals surface area contributed by atoms with Crippen molar-refractivity contribution in [2.45, 2.75) is 46.2 Å². The third kappa shape index (κ3) is 4.49. The Hall–Kier alpha value is -2.13. The highest BCUT2D eigenvalue weighted by molar-refractivity contribution is 5.94. The average molecular weight is 336 g/mol. The average Bonchev–Trinajstić information content (AvgIpc) is 3.11. The van der Waals surface area contributed by atoms with Crippen molar-refractivity contribution in [1.29, 1.82) is 0 Å². The van der Waals surface area contributed by atoms with Gasteiger partial charge in [-0.05, 0) is 81.1 Å². The Bertz CT molecular complexity index is 730. The van der Waals surface area contributed by atoms with E-state index in [1.807, 2.05) is 19.1 Å². The SMILES string of the molecule is Cc1ccc(C(C)NC(=O)c2ccc(CN3CCCC3)cc2)cc1C. The van der Waals surface area contributed by atoms with Crippen LogP contribution in [-0.2, 0) is 6.54 Å². The minimum Gasteiger partial charge on any atom is -0.346 e. The number of rotatable bonds is 5. The molecule has 3 nitrogen and oxygen atoms in total. The van der Waals surface area contributed by atoms with Crippen LogP contribution in [0.2, 0.25) is 0 Å². The number of nitrogens with zero attached hydrogens (tertiary/aromatic N) is 1. The summed E-state index contributed by atoms with van der Waals surface area (Å²) in [6, 6.07) is 14.4. The molecule has 1 atom stereocenters. The van der Waals surface area contributed by atoms with E-state index >= 15 is 0 Å². The molecule has 2 aromatic rings. The van der Waals surface area contributed by atoms with Crippen LogP contribution in [0.3, 0.4) is 0 Å². The summed E-state index contributed by atoms with van der Waals surface area (Å²) < 4.78 is 0. The molecule has 1 aliphatic rings. The van der Waals surface area contributed by atoms with Gasteiger partial charge in [-0.2, -0.15) is 0 Å². The molecule has 1 aliphatic heterocycles. The maximum Gasteiger partial charge on any atom is 0.251 e. The number of amides is 1. The van der Waals surface area contributed by atoms with Crippen molar-refractivity contribution in [1.82, 2.24) is 10.2 Å². The van der Waals surface area contributed by atoms with Crippen LogP contribution in [0.5, 0.6) is 0 Å². The van der Waals surface area contributed by atoms with Crippen LogP contribution < -0.4 is 5.32 Å². The van der Waals surface area contributed by atoms with Crippen LogP contribution in [0.15, 0.2) is 42.5 Å². The first-order valence-electron chi connectivity index (χ1n) is 9.22. The molecule has 1 saturated heterocycles. The summed E-state index contributed by atoms with van der Waals surface area (Å²) in [6.07, 6.45) is 2.60. The van der Waals surface area contributed by atoms with Crippen LogP contribution in [0.1, 0.15) is 58.4 Å². The molecule has 1 unspecified atom stereocenters. The van der Waals surface area contributed by atoms with Crippen molar-refractivity contribution in [3.8, 4) is 0 Å². The van der Waals surface area contributed by atoms with Gasteiger partial charge in [0.15, 0.2) is 0 Å². The topological polar surface area (TPSA) is 32.3 Å². The zero-order valence-electron chi connectivity index (χ0n) is 15.5. The molecule has 1 heterocycles. The standard InChI is InChI=1S/C22H28N2O/c1-16-6-9-21(14-17(16)2)18(3)23-22(25)20-10-7-19(8-11-20)15-24-12-4-5-13-24/h6-11,14,18H,4-5,12-13,15H2,1-3H3,(H,23,25). The van der Waals surface area contributed by atoms with Gasteiger partial charge in [-0.25, -0.2) is 0 Å². The summed E-state index contributed by atoms with van der Waals surface area (Å²) in [4.78, 5) is 15.0. The summed E-state index contributed by atoms with van der Waals surface area (Å²) in [5.74, 6) is -0.0153. The lowest BCUT2D eigenvalue weighted by Gasteiger charge is -2.17. The van der Waals surface area contributed by atoms with E-state index in [1.54, 1.807) is 0 Å². The molecule has 2 aromatic carbocycles. The van der Waals surface area contributed by atoms with Crippen molar-refractivity contribution < 1.29 is 4.79 Å². The van der Waals surface area contributed by atoms with E-state index in [-0.39, 0.29) is 11.9 Å². The fourth-order valence-electron chi connectivity index (χ4n) is 3.36. The second kappa shape index (κ2) is 7.83. The van der Waals surface area contributed by atoms with Gasteiger partial charge in [0, 0.05) is 12.1 Å². The maximum atomic E-state index is 12.5. The molecule has 3 heteroatoms. The first-order valence-corrected chi connectivity index (χ1v) is 9.22. The molecule has 0 radical (unpaired) electrons. The monoisotopic (exact) mass is 336 g/mol.